The van der Waals surface area contributed by atoms with Crippen LogP contribution in [0.5, 0.6) is 0 Å². The molecule has 2 rings (SSSR count). The first-order valence-corrected chi connectivity index (χ1v) is 11.5. The molecule has 2 aromatic carbocycles. The lowest BCUT2D eigenvalue weighted by Gasteiger charge is -2.25. The van der Waals surface area contributed by atoms with Crippen LogP contribution in [0.2, 0.25) is 0 Å². The number of rotatable bonds is 6. The molecule has 0 saturated carbocycles. The summed E-state index contributed by atoms with van der Waals surface area (Å²) in [5.41, 5.74) is 4.01. The third kappa shape index (κ3) is 5.46. The largest absolute Gasteiger partial charge is 0.295 e. The van der Waals surface area contributed by atoms with Crippen LogP contribution < -0.4 is 5.30 Å². The van der Waals surface area contributed by atoms with Gasteiger partial charge in [0.15, 0.2) is 0 Å². The molecule has 130 valence electrons. The first kappa shape index (κ1) is 19.7. The summed E-state index contributed by atoms with van der Waals surface area (Å²) in [5.74, 6) is 0. The van der Waals surface area contributed by atoms with Crippen LogP contribution in [0.25, 0.3) is 0 Å². The maximum absolute atomic E-state index is 6.27. The Kier molecular flexibility index (Phi) is 7.13. The van der Waals surface area contributed by atoms with E-state index in [1.54, 1.807) is 0 Å². The molecule has 0 heterocycles. The standard InChI is InChI=1S/C20H26Cl2NP/c1-5-23(14-16-9-7-6-8-10-16)15-17-13-18(20(2,3)4)11-12-19(17)24(21)22/h6-13H,5,14-15H2,1-4H3. The minimum Gasteiger partial charge on any atom is -0.295 e. The summed E-state index contributed by atoms with van der Waals surface area (Å²) in [6.07, 6.45) is 0. The molecule has 0 aliphatic carbocycles. The Balaban J connectivity index is 2.27. The molecule has 0 atom stereocenters. The zero-order chi connectivity index (χ0) is 17.7. The fourth-order valence-corrected chi connectivity index (χ4v) is 4.23. The Hall–Kier alpha value is -0.590. The third-order valence-electron chi connectivity index (χ3n) is 4.22. The van der Waals surface area contributed by atoms with E-state index in [4.69, 9.17) is 22.5 Å². The van der Waals surface area contributed by atoms with Gasteiger partial charge in [-0.15, -0.1) is 0 Å². The monoisotopic (exact) mass is 381 g/mol. The molecule has 0 unspecified atom stereocenters. The van der Waals surface area contributed by atoms with E-state index >= 15 is 0 Å². The van der Waals surface area contributed by atoms with E-state index in [9.17, 15) is 0 Å². The van der Waals surface area contributed by atoms with Gasteiger partial charge in [0.2, 0.25) is 0 Å². The molecule has 0 aromatic heterocycles. The summed E-state index contributed by atoms with van der Waals surface area (Å²) in [6.45, 7) is 10.5. The van der Waals surface area contributed by atoms with Crippen LogP contribution in [0.1, 0.15) is 44.4 Å². The maximum Gasteiger partial charge on any atom is 0.117 e. The molecule has 1 nitrogen and oxygen atoms in total. The Bertz CT molecular complexity index is 650. The van der Waals surface area contributed by atoms with Crippen molar-refractivity contribution in [1.82, 2.24) is 4.90 Å². The predicted octanol–water partition coefficient (Wildman–Crippen LogP) is 6.42. The molecular weight excluding hydrogens is 356 g/mol. The highest BCUT2D eigenvalue weighted by Crippen LogP contribution is 2.46. The second-order valence-corrected chi connectivity index (χ2v) is 10.6. The van der Waals surface area contributed by atoms with E-state index in [0.717, 1.165) is 24.9 Å². The molecule has 0 spiro atoms. The predicted molar refractivity (Wildman–Crippen MR) is 110 cm³/mol. The summed E-state index contributed by atoms with van der Waals surface area (Å²) in [6, 6.07) is 17.1. The molecule has 2 aromatic rings. The van der Waals surface area contributed by atoms with E-state index in [0.29, 0.717) is 0 Å². The van der Waals surface area contributed by atoms with Crippen LogP contribution in [0.4, 0.5) is 0 Å². The molecule has 0 amide bonds. The average molecular weight is 382 g/mol. The Morgan fingerprint density at radius 1 is 0.958 bits per heavy atom. The number of nitrogens with zero attached hydrogens (tertiary/aromatic N) is 1. The minimum atomic E-state index is -1.14. The number of hydrogen-bond acceptors (Lipinski definition) is 1. The van der Waals surface area contributed by atoms with Crippen LogP contribution in [-0.2, 0) is 18.5 Å². The van der Waals surface area contributed by atoms with Crippen molar-refractivity contribution < 1.29 is 0 Å². The van der Waals surface area contributed by atoms with Gasteiger partial charge in [0.05, 0.1) is 0 Å². The molecule has 0 aliphatic rings. The summed E-state index contributed by atoms with van der Waals surface area (Å²) in [7, 11) is 0. The lowest BCUT2D eigenvalue weighted by Crippen LogP contribution is -2.25. The Labute approximate surface area is 157 Å². The molecule has 0 radical (unpaired) electrons. The highest BCUT2D eigenvalue weighted by atomic mass is 35.9. The minimum absolute atomic E-state index is 0.116. The number of benzene rings is 2. The van der Waals surface area contributed by atoms with Crippen LogP contribution in [-0.4, -0.2) is 11.4 Å². The third-order valence-corrected chi connectivity index (χ3v) is 6.11. The van der Waals surface area contributed by atoms with Gasteiger partial charge in [-0.2, -0.15) is 0 Å². The molecule has 0 saturated heterocycles. The smallest absolute Gasteiger partial charge is 0.117 e. The van der Waals surface area contributed by atoms with Gasteiger partial charge in [0.1, 0.15) is 6.63 Å². The highest BCUT2D eigenvalue weighted by Gasteiger charge is 2.19. The Morgan fingerprint density at radius 3 is 2.17 bits per heavy atom. The summed E-state index contributed by atoms with van der Waals surface area (Å²) in [5, 5.41) is 1.08. The zero-order valence-electron chi connectivity index (χ0n) is 14.9. The second kappa shape index (κ2) is 8.68. The van der Waals surface area contributed by atoms with Crippen molar-refractivity contribution in [1.29, 1.82) is 0 Å². The summed E-state index contributed by atoms with van der Waals surface area (Å²) in [4.78, 5) is 2.42. The van der Waals surface area contributed by atoms with Gasteiger partial charge < -0.3 is 0 Å². The fourth-order valence-electron chi connectivity index (χ4n) is 2.71. The van der Waals surface area contributed by atoms with Crippen molar-refractivity contribution in [3.8, 4) is 0 Å². The van der Waals surface area contributed by atoms with Crippen molar-refractivity contribution in [3.63, 3.8) is 0 Å². The van der Waals surface area contributed by atoms with E-state index in [1.165, 1.54) is 16.7 Å². The van der Waals surface area contributed by atoms with Crippen molar-refractivity contribution >= 4 is 34.4 Å². The van der Waals surface area contributed by atoms with Crippen molar-refractivity contribution in [2.24, 2.45) is 0 Å². The lowest BCUT2D eigenvalue weighted by atomic mass is 9.86. The zero-order valence-corrected chi connectivity index (χ0v) is 17.3. The summed E-state index contributed by atoms with van der Waals surface area (Å²) >= 11 is 12.5. The van der Waals surface area contributed by atoms with Gasteiger partial charge in [0, 0.05) is 18.4 Å². The summed E-state index contributed by atoms with van der Waals surface area (Å²) < 4.78 is 0. The van der Waals surface area contributed by atoms with Gasteiger partial charge >= 0.3 is 0 Å². The second-order valence-electron chi connectivity index (χ2n) is 7.12. The van der Waals surface area contributed by atoms with Crippen LogP contribution in [0, 0.1) is 0 Å². The SMILES string of the molecule is CCN(Cc1ccccc1)Cc1cc(C(C)(C)C)ccc1P(Cl)Cl. The first-order valence-electron chi connectivity index (χ1n) is 8.32. The van der Waals surface area contributed by atoms with Gasteiger partial charge in [-0.1, -0.05) is 98.7 Å². The van der Waals surface area contributed by atoms with E-state index in [-0.39, 0.29) is 5.41 Å². The van der Waals surface area contributed by atoms with Crippen molar-refractivity contribution in [2.45, 2.75) is 46.2 Å². The number of halogens is 2. The van der Waals surface area contributed by atoms with Crippen molar-refractivity contribution in [3.05, 3.63) is 65.2 Å². The molecule has 0 N–H and O–H groups in total. The maximum atomic E-state index is 6.27. The number of hydrogen-bond donors (Lipinski definition) is 0. The molecule has 0 aliphatic heterocycles. The van der Waals surface area contributed by atoms with Crippen LogP contribution >= 0.6 is 29.1 Å². The molecule has 0 bridgehead atoms. The highest BCUT2D eigenvalue weighted by molar-refractivity contribution is 8.08. The quantitative estimate of drug-likeness (QED) is 0.521. The molecule has 24 heavy (non-hydrogen) atoms. The molecule has 4 heteroatoms. The molecule has 0 fully saturated rings. The topological polar surface area (TPSA) is 3.24 Å². The molecular formula is C20H26Cl2NP. The normalized spacial score (nSPS) is 12.2. The van der Waals surface area contributed by atoms with Gasteiger partial charge in [-0.3, -0.25) is 4.90 Å². The van der Waals surface area contributed by atoms with Gasteiger partial charge in [0.25, 0.3) is 0 Å². The van der Waals surface area contributed by atoms with E-state index < -0.39 is 6.63 Å². The Morgan fingerprint density at radius 2 is 1.62 bits per heavy atom. The fraction of sp³-hybridized carbons (Fsp3) is 0.400. The lowest BCUT2D eigenvalue weighted by molar-refractivity contribution is 0.272. The van der Waals surface area contributed by atoms with Crippen LogP contribution in [0.15, 0.2) is 48.5 Å². The van der Waals surface area contributed by atoms with Crippen LogP contribution in [0.3, 0.4) is 0 Å². The van der Waals surface area contributed by atoms with Gasteiger partial charge in [-0.25, -0.2) is 0 Å². The first-order chi connectivity index (χ1) is 11.3. The average Bonchev–Trinajstić information content (AvgIpc) is 2.54. The van der Waals surface area contributed by atoms with Crippen molar-refractivity contribution in [2.75, 3.05) is 6.54 Å². The van der Waals surface area contributed by atoms with Gasteiger partial charge in [-0.05, 0) is 28.7 Å². The van der Waals surface area contributed by atoms with E-state index in [1.807, 2.05) is 0 Å². The van der Waals surface area contributed by atoms with E-state index in [2.05, 4.69) is 81.1 Å².